The van der Waals surface area contributed by atoms with E-state index in [0.29, 0.717) is 12.5 Å². The molecule has 12 nitrogen and oxygen atoms in total. The minimum Gasteiger partial charge on any atom is -0.394 e. The Bertz CT molecular complexity index is 578. The minimum absolute atomic E-state index is 0.0181. The molecule has 0 aromatic rings. The van der Waals surface area contributed by atoms with Crippen LogP contribution in [0.3, 0.4) is 0 Å². The molecule has 0 heterocycles. The second kappa shape index (κ2) is 17.6. The second-order valence-electron chi connectivity index (χ2n) is 8.53. The fourth-order valence-corrected chi connectivity index (χ4v) is 2.83. The molecular weight excluding hydrogens is 436 g/mol. The quantitative estimate of drug-likeness (QED) is 0.0922. The number of aliphatic hydroxyl groups is 5. The highest BCUT2D eigenvalue weighted by Crippen LogP contribution is 2.06. The van der Waals surface area contributed by atoms with Crippen LogP contribution in [0.25, 0.3) is 0 Å². The van der Waals surface area contributed by atoms with E-state index in [-0.39, 0.29) is 31.7 Å². The van der Waals surface area contributed by atoms with Crippen LogP contribution in [-0.2, 0) is 14.4 Å². The van der Waals surface area contributed by atoms with E-state index in [2.05, 4.69) is 29.8 Å². The predicted molar refractivity (Wildman–Crippen MR) is 121 cm³/mol. The Labute approximate surface area is 194 Å². The van der Waals surface area contributed by atoms with E-state index < -0.39 is 55.4 Å². The summed E-state index contributed by atoms with van der Waals surface area (Å²) in [5, 5.41) is 54.6. The summed E-state index contributed by atoms with van der Waals surface area (Å²) >= 11 is 0. The van der Waals surface area contributed by atoms with Crippen molar-refractivity contribution in [3.63, 3.8) is 0 Å². The molecule has 33 heavy (non-hydrogen) atoms. The monoisotopic (exact) mass is 478 g/mol. The number of hydrogen-bond donors (Lipinski definition) is 9. The van der Waals surface area contributed by atoms with Crippen molar-refractivity contribution in [2.75, 3.05) is 26.2 Å². The zero-order valence-corrected chi connectivity index (χ0v) is 19.6. The maximum absolute atomic E-state index is 12.0. The summed E-state index contributed by atoms with van der Waals surface area (Å²) < 4.78 is 0. The molecule has 0 spiro atoms. The van der Waals surface area contributed by atoms with E-state index >= 15 is 0 Å². The lowest BCUT2D eigenvalue weighted by molar-refractivity contribution is -0.126. The van der Waals surface area contributed by atoms with Crippen molar-refractivity contribution < 1.29 is 39.9 Å². The van der Waals surface area contributed by atoms with E-state index in [1.165, 1.54) is 0 Å². The Kier molecular flexibility index (Phi) is 16.6. The molecule has 5 atom stereocenters. The number of carbonyl (C=O) groups is 3. The fourth-order valence-electron chi connectivity index (χ4n) is 2.83. The molecule has 3 amide bonds. The Hall–Kier alpha value is -1.83. The molecule has 0 saturated carbocycles. The van der Waals surface area contributed by atoms with Crippen molar-refractivity contribution in [3.8, 4) is 0 Å². The van der Waals surface area contributed by atoms with Gasteiger partial charge in [0.15, 0.2) is 0 Å². The standard InChI is InChI=1S/C21H42N4O8/c1-13(2)5-3-4-9-23-18(30)8-10-24-21(33)14(22)6-7-17(29)25-11-15(27)19(31)20(32)16(28)12-26/h13-16,19-20,26-28,31-32H,3-12,22H2,1-2H3,(H,23,30)(H,24,33)(H,25,29)/t14-,15-,16+,19+,20+/m0/s1. The van der Waals surface area contributed by atoms with E-state index in [0.717, 1.165) is 19.3 Å². The average Bonchev–Trinajstić information content (AvgIpc) is 2.78. The molecule has 0 radical (unpaired) electrons. The lowest BCUT2D eigenvalue weighted by Gasteiger charge is -2.25. The molecule has 0 saturated heterocycles. The molecule has 0 rings (SSSR count). The highest BCUT2D eigenvalue weighted by atomic mass is 16.4. The highest BCUT2D eigenvalue weighted by molar-refractivity contribution is 5.83. The molecule has 0 aliphatic heterocycles. The Balaban J connectivity index is 4.00. The molecule has 0 aromatic carbocycles. The third kappa shape index (κ3) is 14.8. The topological polar surface area (TPSA) is 214 Å². The van der Waals surface area contributed by atoms with Crippen LogP contribution in [0.4, 0.5) is 0 Å². The van der Waals surface area contributed by atoms with E-state index in [1.54, 1.807) is 0 Å². The van der Waals surface area contributed by atoms with Gasteiger partial charge in [-0.1, -0.05) is 26.7 Å². The van der Waals surface area contributed by atoms with Crippen molar-refractivity contribution >= 4 is 17.7 Å². The van der Waals surface area contributed by atoms with Crippen LogP contribution in [0, 0.1) is 5.92 Å². The van der Waals surface area contributed by atoms with Gasteiger partial charge in [-0.05, 0) is 18.8 Å². The molecule has 12 heteroatoms. The van der Waals surface area contributed by atoms with E-state index in [9.17, 15) is 34.8 Å². The molecule has 0 fully saturated rings. The summed E-state index contributed by atoms with van der Waals surface area (Å²) in [6, 6.07) is -0.966. The van der Waals surface area contributed by atoms with Crippen molar-refractivity contribution in [1.82, 2.24) is 16.0 Å². The average molecular weight is 479 g/mol. The van der Waals surface area contributed by atoms with Crippen LogP contribution in [0.15, 0.2) is 0 Å². The molecule has 0 unspecified atom stereocenters. The van der Waals surface area contributed by atoms with E-state index in [4.69, 9.17) is 10.8 Å². The summed E-state index contributed by atoms with van der Waals surface area (Å²) in [5.74, 6) is -0.565. The first-order valence-electron chi connectivity index (χ1n) is 11.4. The first-order chi connectivity index (χ1) is 15.5. The zero-order chi connectivity index (χ0) is 25.4. The number of hydrogen-bond acceptors (Lipinski definition) is 9. The normalized spacial score (nSPS) is 15.9. The zero-order valence-electron chi connectivity index (χ0n) is 19.6. The number of rotatable bonds is 18. The molecule has 0 aliphatic rings. The maximum Gasteiger partial charge on any atom is 0.236 e. The van der Waals surface area contributed by atoms with Crippen LogP contribution in [0.2, 0.25) is 0 Å². The van der Waals surface area contributed by atoms with Gasteiger partial charge in [-0.2, -0.15) is 0 Å². The van der Waals surface area contributed by atoms with Crippen LogP contribution in [-0.4, -0.2) is 100.0 Å². The number of amides is 3. The third-order valence-electron chi connectivity index (χ3n) is 5.03. The SMILES string of the molecule is CC(C)CCCCNC(=O)CCNC(=O)[C@@H](N)CCC(=O)NC[C@H](O)[C@@H](O)[C@H](O)[C@H](O)CO. The van der Waals surface area contributed by atoms with Crippen LogP contribution in [0.1, 0.15) is 52.4 Å². The van der Waals surface area contributed by atoms with Gasteiger partial charge >= 0.3 is 0 Å². The Morgan fingerprint density at radius 3 is 2.00 bits per heavy atom. The van der Waals surface area contributed by atoms with Crippen molar-refractivity contribution in [2.24, 2.45) is 11.7 Å². The van der Waals surface area contributed by atoms with Crippen molar-refractivity contribution in [2.45, 2.75) is 82.8 Å². The summed E-state index contributed by atoms with van der Waals surface area (Å²) in [4.78, 5) is 35.6. The van der Waals surface area contributed by atoms with Crippen LogP contribution < -0.4 is 21.7 Å². The fraction of sp³-hybridized carbons (Fsp3) is 0.857. The van der Waals surface area contributed by atoms with Gasteiger partial charge in [-0.3, -0.25) is 14.4 Å². The van der Waals surface area contributed by atoms with Crippen molar-refractivity contribution in [1.29, 1.82) is 0 Å². The lowest BCUT2D eigenvalue weighted by Crippen LogP contribution is -2.49. The molecular formula is C21H42N4O8. The highest BCUT2D eigenvalue weighted by Gasteiger charge is 2.30. The summed E-state index contributed by atoms with van der Waals surface area (Å²) in [7, 11) is 0. The van der Waals surface area contributed by atoms with Gasteiger partial charge in [0.25, 0.3) is 0 Å². The van der Waals surface area contributed by atoms with Gasteiger partial charge in [0.05, 0.1) is 18.8 Å². The van der Waals surface area contributed by atoms with Gasteiger partial charge in [-0.25, -0.2) is 0 Å². The molecule has 194 valence electrons. The number of aliphatic hydroxyl groups excluding tert-OH is 5. The molecule has 0 aliphatic carbocycles. The summed E-state index contributed by atoms with van der Waals surface area (Å²) in [6.45, 7) is 3.80. The van der Waals surface area contributed by atoms with Gasteiger partial charge in [0, 0.05) is 32.5 Å². The molecule has 10 N–H and O–H groups in total. The Morgan fingerprint density at radius 1 is 0.788 bits per heavy atom. The van der Waals surface area contributed by atoms with Gasteiger partial charge in [0.1, 0.15) is 18.3 Å². The lowest BCUT2D eigenvalue weighted by atomic mass is 10.0. The van der Waals surface area contributed by atoms with Gasteiger partial charge in [0.2, 0.25) is 17.7 Å². The summed E-state index contributed by atoms with van der Waals surface area (Å²) in [6.07, 6.45) is -3.70. The van der Waals surface area contributed by atoms with Crippen LogP contribution >= 0.6 is 0 Å². The van der Waals surface area contributed by atoms with Gasteiger partial charge in [-0.15, -0.1) is 0 Å². The third-order valence-corrected chi connectivity index (χ3v) is 5.03. The van der Waals surface area contributed by atoms with Gasteiger partial charge < -0.3 is 47.2 Å². The molecule has 0 aromatic heterocycles. The minimum atomic E-state index is -1.79. The summed E-state index contributed by atoms with van der Waals surface area (Å²) in [5.41, 5.74) is 5.75. The Morgan fingerprint density at radius 2 is 1.39 bits per heavy atom. The predicted octanol–water partition coefficient (Wildman–Crippen LogP) is -2.91. The number of nitrogens with two attached hydrogens (primary N) is 1. The van der Waals surface area contributed by atoms with Crippen LogP contribution in [0.5, 0.6) is 0 Å². The first-order valence-corrected chi connectivity index (χ1v) is 11.4. The first kappa shape index (κ1) is 31.2. The molecule has 0 bridgehead atoms. The second-order valence-corrected chi connectivity index (χ2v) is 8.53. The number of unbranched alkanes of at least 4 members (excludes halogenated alkanes) is 1. The van der Waals surface area contributed by atoms with Crippen molar-refractivity contribution in [3.05, 3.63) is 0 Å². The smallest absolute Gasteiger partial charge is 0.236 e. The number of nitrogens with one attached hydrogen (secondary N) is 3. The van der Waals surface area contributed by atoms with E-state index in [1.807, 2.05) is 0 Å². The largest absolute Gasteiger partial charge is 0.394 e. The number of carbonyl (C=O) groups excluding carboxylic acids is 3. The maximum atomic E-state index is 12.0.